The van der Waals surface area contributed by atoms with Crippen LogP contribution in [0.25, 0.3) is 0 Å². The number of halogens is 2. The molecule has 188 valence electrons. The largest absolute Gasteiger partial charge is 0.489 e. The molecule has 1 atom stereocenters. The lowest BCUT2D eigenvalue weighted by Crippen LogP contribution is -2.21. The zero-order valence-electron chi connectivity index (χ0n) is 19.9. The predicted octanol–water partition coefficient (Wildman–Crippen LogP) is 7.01. The summed E-state index contributed by atoms with van der Waals surface area (Å²) in [4.78, 5) is 12.5. The van der Waals surface area contributed by atoms with Crippen molar-refractivity contribution in [3.63, 3.8) is 0 Å². The van der Waals surface area contributed by atoms with Crippen LogP contribution in [0.3, 0.4) is 0 Å². The summed E-state index contributed by atoms with van der Waals surface area (Å²) in [6.45, 7) is 0.274. The summed E-state index contributed by atoms with van der Waals surface area (Å²) in [5.41, 5.74) is 9.18. The highest BCUT2D eigenvalue weighted by atomic mass is 35.5. The van der Waals surface area contributed by atoms with E-state index in [1.165, 1.54) is 0 Å². The number of nitrogens with two attached hydrogens (primary N) is 1. The molecule has 1 aliphatic rings. The number of carbonyl (C=O) groups is 1. The molecular weight excluding hydrogens is 523 g/mol. The van der Waals surface area contributed by atoms with Crippen LogP contribution in [0.1, 0.15) is 33.0 Å². The van der Waals surface area contributed by atoms with E-state index < -0.39 is 11.9 Å². The van der Waals surface area contributed by atoms with Crippen molar-refractivity contribution in [2.45, 2.75) is 12.5 Å². The van der Waals surface area contributed by atoms with Crippen LogP contribution in [-0.2, 0) is 6.61 Å². The Morgan fingerprint density at radius 1 is 0.947 bits per heavy atom. The van der Waals surface area contributed by atoms with Crippen molar-refractivity contribution >= 4 is 29.2 Å². The van der Waals surface area contributed by atoms with Gasteiger partial charge in [0.2, 0.25) is 5.88 Å². The maximum Gasteiger partial charge on any atom is 0.343 e. The molecule has 0 bridgehead atoms. The van der Waals surface area contributed by atoms with Gasteiger partial charge in [0.1, 0.15) is 35.5 Å². The molecule has 0 fully saturated rings. The molecule has 1 heterocycles. The third-order valence-electron chi connectivity index (χ3n) is 6.03. The van der Waals surface area contributed by atoms with Gasteiger partial charge in [-0.2, -0.15) is 5.26 Å². The number of hydrogen-bond acceptors (Lipinski definition) is 6. The molecule has 4 aromatic carbocycles. The van der Waals surface area contributed by atoms with Gasteiger partial charge in [-0.05, 0) is 48.0 Å². The van der Waals surface area contributed by atoms with Crippen molar-refractivity contribution in [1.82, 2.24) is 0 Å². The van der Waals surface area contributed by atoms with Crippen LogP contribution in [0.4, 0.5) is 0 Å². The van der Waals surface area contributed by atoms with Crippen molar-refractivity contribution < 1.29 is 19.0 Å². The lowest BCUT2D eigenvalue weighted by molar-refractivity contribution is 0.0734. The standard InChI is InChI=1S/C30H20Cl2N2O4/c31-21-9-6-20(26(32)14-21)17-36-22-10-7-18(8-11-22)28-24-13-12-23(15-27(24)38-29(34)25(28)16-33)37-30(35)19-4-2-1-3-5-19/h1-15,28H,17,34H2. The predicted molar refractivity (Wildman–Crippen MR) is 144 cm³/mol. The van der Waals surface area contributed by atoms with E-state index in [1.807, 2.05) is 36.4 Å². The minimum absolute atomic E-state index is 0.00533. The van der Waals surface area contributed by atoms with E-state index in [0.717, 1.165) is 16.7 Å². The molecule has 8 heteroatoms. The summed E-state index contributed by atoms with van der Waals surface area (Å²) < 4.78 is 17.1. The van der Waals surface area contributed by atoms with Gasteiger partial charge in [-0.15, -0.1) is 0 Å². The van der Waals surface area contributed by atoms with Crippen molar-refractivity contribution in [2.24, 2.45) is 5.73 Å². The fourth-order valence-corrected chi connectivity index (χ4v) is 4.60. The molecule has 5 rings (SSSR count). The van der Waals surface area contributed by atoms with Crippen LogP contribution in [0.2, 0.25) is 10.0 Å². The van der Waals surface area contributed by atoms with Gasteiger partial charge < -0.3 is 19.9 Å². The average molecular weight is 543 g/mol. The Hall–Kier alpha value is -4.44. The number of benzene rings is 4. The van der Waals surface area contributed by atoms with Crippen LogP contribution in [0.15, 0.2) is 102 Å². The highest BCUT2D eigenvalue weighted by Crippen LogP contribution is 2.43. The monoisotopic (exact) mass is 542 g/mol. The van der Waals surface area contributed by atoms with Gasteiger partial charge in [-0.25, -0.2) is 4.79 Å². The van der Waals surface area contributed by atoms with Crippen LogP contribution < -0.4 is 19.9 Å². The SMILES string of the molecule is N#CC1=C(N)Oc2cc(OC(=O)c3ccccc3)ccc2C1c1ccc(OCc2ccc(Cl)cc2Cl)cc1. The van der Waals surface area contributed by atoms with E-state index in [-0.39, 0.29) is 18.1 Å². The fourth-order valence-electron chi connectivity index (χ4n) is 4.14. The minimum Gasteiger partial charge on any atom is -0.489 e. The molecule has 0 radical (unpaired) electrons. The molecule has 6 nitrogen and oxygen atoms in total. The van der Waals surface area contributed by atoms with Crippen LogP contribution in [0.5, 0.6) is 17.2 Å². The summed E-state index contributed by atoms with van der Waals surface area (Å²) in [5.74, 6) is 0.369. The Balaban J connectivity index is 1.38. The number of rotatable bonds is 6. The maximum absolute atomic E-state index is 12.5. The quantitative estimate of drug-likeness (QED) is 0.208. The maximum atomic E-state index is 12.5. The van der Waals surface area contributed by atoms with Gasteiger partial charge in [0.15, 0.2) is 0 Å². The Bertz CT molecular complexity index is 1580. The number of nitriles is 1. The minimum atomic E-state index is -0.491. The summed E-state index contributed by atoms with van der Waals surface area (Å²) >= 11 is 12.2. The second-order valence-electron chi connectivity index (χ2n) is 8.47. The molecular formula is C30H20Cl2N2O4. The van der Waals surface area contributed by atoms with Crippen molar-refractivity contribution in [1.29, 1.82) is 5.26 Å². The Morgan fingerprint density at radius 3 is 2.39 bits per heavy atom. The topological polar surface area (TPSA) is 94.6 Å². The molecule has 0 saturated heterocycles. The Kier molecular flexibility index (Phi) is 7.23. The zero-order chi connectivity index (χ0) is 26.6. The van der Waals surface area contributed by atoms with Gasteiger partial charge in [0.25, 0.3) is 0 Å². The van der Waals surface area contributed by atoms with Gasteiger partial charge in [0, 0.05) is 27.2 Å². The second-order valence-corrected chi connectivity index (χ2v) is 9.32. The molecule has 2 N–H and O–H groups in total. The van der Waals surface area contributed by atoms with E-state index >= 15 is 0 Å². The van der Waals surface area contributed by atoms with Crippen LogP contribution in [0, 0.1) is 11.3 Å². The van der Waals surface area contributed by atoms with E-state index in [4.69, 9.17) is 43.1 Å². The molecule has 0 aliphatic carbocycles. The van der Waals surface area contributed by atoms with E-state index in [9.17, 15) is 10.1 Å². The van der Waals surface area contributed by atoms with Crippen molar-refractivity contribution in [3.05, 3.63) is 135 Å². The lowest BCUT2D eigenvalue weighted by Gasteiger charge is -2.26. The fraction of sp³-hybridized carbons (Fsp3) is 0.0667. The van der Waals surface area contributed by atoms with Gasteiger partial charge in [-0.1, -0.05) is 65.7 Å². The summed E-state index contributed by atoms with van der Waals surface area (Å²) in [6, 6.07) is 28.5. The van der Waals surface area contributed by atoms with E-state index in [1.54, 1.807) is 54.6 Å². The van der Waals surface area contributed by atoms with E-state index in [2.05, 4.69) is 6.07 Å². The highest BCUT2D eigenvalue weighted by Gasteiger charge is 2.31. The summed E-state index contributed by atoms with van der Waals surface area (Å²) in [5, 5.41) is 10.9. The molecule has 0 saturated carbocycles. The summed E-state index contributed by atoms with van der Waals surface area (Å²) in [7, 11) is 0. The summed E-state index contributed by atoms with van der Waals surface area (Å²) in [6.07, 6.45) is 0. The third-order valence-corrected chi connectivity index (χ3v) is 6.62. The third kappa shape index (κ3) is 5.30. The zero-order valence-corrected chi connectivity index (χ0v) is 21.4. The normalized spacial score (nSPS) is 14.2. The molecule has 1 unspecified atom stereocenters. The van der Waals surface area contributed by atoms with Gasteiger partial charge in [0.05, 0.1) is 11.5 Å². The first kappa shape index (κ1) is 25.2. The van der Waals surface area contributed by atoms with Crippen molar-refractivity contribution in [3.8, 4) is 23.3 Å². The van der Waals surface area contributed by atoms with E-state index in [0.29, 0.717) is 32.9 Å². The Morgan fingerprint density at radius 2 is 1.68 bits per heavy atom. The number of ether oxygens (including phenoxy) is 3. The molecule has 4 aromatic rings. The smallest absolute Gasteiger partial charge is 0.343 e. The number of hydrogen-bond donors (Lipinski definition) is 1. The number of nitrogens with zero attached hydrogens (tertiary/aromatic N) is 1. The number of allylic oxidation sites excluding steroid dienone is 1. The number of fused-ring (bicyclic) bond motifs is 1. The Labute approximate surface area is 229 Å². The van der Waals surface area contributed by atoms with Crippen LogP contribution in [-0.4, -0.2) is 5.97 Å². The molecule has 38 heavy (non-hydrogen) atoms. The van der Waals surface area contributed by atoms with Crippen LogP contribution >= 0.6 is 23.2 Å². The first-order valence-corrected chi connectivity index (χ1v) is 12.3. The lowest BCUT2D eigenvalue weighted by atomic mass is 9.83. The highest BCUT2D eigenvalue weighted by molar-refractivity contribution is 6.35. The van der Waals surface area contributed by atoms with Gasteiger partial charge in [-0.3, -0.25) is 0 Å². The molecule has 1 aliphatic heterocycles. The average Bonchev–Trinajstić information content (AvgIpc) is 2.92. The van der Waals surface area contributed by atoms with Crippen molar-refractivity contribution in [2.75, 3.05) is 0 Å². The first-order valence-electron chi connectivity index (χ1n) is 11.6. The number of esters is 1. The first-order chi connectivity index (χ1) is 18.4. The molecule has 0 aromatic heterocycles. The number of carbonyl (C=O) groups excluding carboxylic acids is 1. The van der Waals surface area contributed by atoms with Gasteiger partial charge >= 0.3 is 5.97 Å². The molecule has 0 spiro atoms. The second kappa shape index (κ2) is 10.9. The molecule has 0 amide bonds.